The molecule has 0 saturated carbocycles. The number of nitrogens with zero attached hydrogens (tertiary/aromatic N) is 5. The van der Waals surface area contributed by atoms with E-state index in [-0.39, 0.29) is 18.0 Å². The quantitative estimate of drug-likeness (QED) is 0.450. The molecule has 31 heavy (non-hydrogen) atoms. The monoisotopic (exact) mass is 413 g/mol. The minimum Gasteiger partial charge on any atom is -0.335 e. The highest BCUT2D eigenvalue weighted by Gasteiger charge is 2.24. The number of amides is 1. The van der Waals surface area contributed by atoms with Crippen LogP contribution in [0.15, 0.2) is 61.1 Å². The van der Waals surface area contributed by atoms with Crippen molar-refractivity contribution in [1.82, 2.24) is 24.6 Å². The van der Waals surface area contributed by atoms with Crippen LogP contribution in [-0.2, 0) is 0 Å². The maximum atomic E-state index is 13.6. The molecule has 1 atom stereocenters. The van der Waals surface area contributed by atoms with Crippen molar-refractivity contribution in [1.29, 1.82) is 0 Å². The van der Waals surface area contributed by atoms with Crippen molar-refractivity contribution >= 4 is 16.9 Å². The summed E-state index contributed by atoms with van der Waals surface area (Å²) in [4.78, 5) is 24.5. The van der Waals surface area contributed by atoms with Crippen molar-refractivity contribution in [2.75, 3.05) is 7.05 Å². The average molecular weight is 414 g/mol. The van der Waals surface area contributed by atoms with Crippen LogP contribution in [0.2, 0.25) is 0 Å². The summed E-state index contributed by atoms with van der Waals surface area (Å²) in [5.74, 6) is -0.0691. The van der Waals surface area contributed by atoms with Gasteiger partial charge in [-0.25, -0.2) is 9.67 Å². The number of fused-ring (bicyclic) bond motifs is 1. The zero-order chi connectivity index (χ0) is 22.1. The van der Waals surface area contributed by atoms with E-state index in [1.54, 1.807) is 23.5 Å². The number of pyridine rings is 2. The van der Waals surface area contributed by atoms with Crippen molar-refractivity contribution in [2.45, 2.75) is 39.8 Å². The van der Waals surface area contributed by atoms with Gasteiger partial charge in [-0.15, -0.1) is 0 Å². The molecule has 3 aromatic heterocycles. The number of carbonyl (C=O) groups is 1. The molecular formula is C25H27N5O. The lowest BCUT2D eigenvalue weighted by Gasteiger charge is -2.25. The first-order valence-corrected chi connectivity index (χ1v) is 10.5. The predicted molar refractivity (Wildman–Crippen MR) is 123 cm³/mol. The Morgan fingerprint density at radius 3 is 2.45 bits per heavy atom. The fourth-order valence-corrected chi connectivity index (χ4v) is 3.66. The van der Waals surface area contributed by atoms with Crippen LogP contribution in [0.1, 0.15) is 54.3 Å². The van der Waals surface area contributed by atoms with Crippen molar-refractivity contribution in [3.8, 4) is 11.3 Å². The van der Waals surface area contributed by atoms with Crippen molar-refractivity contribution in [3.63, 3.8) is 0 Å². The van der Waals surface area contributed by atoms with Gasteiger partial charge in [-0.2, -0.15) is 5.10 Å². The number of aromatic nitrogens is 4. The van der Waals surface area contributed by atoms with Crippen LogP contribution in [0.5, 0.6) is 0 Å². The van der Waals surface area contributed by atoms with Crippen LogP contribution in [0, 0.1) is 6.92 Å². The average Bonchev–Trinajstić information content (AvgIpc) is 3.22. The van der Waals surface area contributed by atoms with E-state index in [0.717, 1.165) is 27.9 Å². The Bertz CT molecular complexity index is 1210. The maximum absolute atomic E-state index is 13.6. The zero-order valence-corrected chi connectivity index (χ0v) is 18.6. The van der Waals surface area contributed by atoms with E-state index < -0.39 is 0 Å². The number of carbonyl (C=O) groups excluding carboxylic acids is 1. The number of hydrogen-bond acceptors (Lipinski definition) is 4. The first-order chi connectivity index (χ1) is 14.9. The van der Waals surface area contributed by atoms with Crippen LogP contribution >= 0.6 is 0 Å². The lowest BCUT2D eigenvalue weighted by atomic mass is 10.0. The minimum atomic E-state index is -0.118. The molecule has 1 aromatic carbocycles. The van der Waals surface area contributed by atoms with Crippen LogP contribution in [0.25, 0.3) is 22.3 Å². The molecule has 0 radical (unpaired) electrons. The van der Waals surface area contributed by atoms with E-state index in [0.29, 0.717) is 5.56 Å². The number of rotatable bonds is 5. The lowest BCUT2D eigenvalue weighted by molar-refractivity contribution is 0.0744. The van der Waals surface area contributed by atoms with Crippen LogP contribution < -0.4 is 0 Å². The van der Waals surface area contributed by atoms with Crippen LogP contribution in [0.3, 0.4) is 0 Å². The van der Waals surface area contributed by atoms with E-state index in [1.807, 2.05) is 49.0 Å². The lowest BCUT2D eigenvalue weighted by Crippen LogP contribution is -2.30. The predicted octanol–water partition coefficient (Wildman–Crippen LogP) is 5.22. The molecule has 158 valence electrons. The summed E-state index contributed by atoms with van der Waals surface area (Å²) in [7, 11) is 1.82. The molecule has 0 aliphatic heterocycles. The molecule has 0 fully saturated rings. The van der Waals surface area contributed by atoms with Crippen LogP contribution in [0.4, 0.5) is 0 Å². The minimum absolute atomic E-state index is 0.0691. The second kappa shape index (κ2) is 8.30. The first kappa shape index (κ1) is 20.7. The van der Waals surface area contributed by atoms with Crippen LogP contribution in [-0.4, -0.2) is 37.6 Å². The fourth-order valence-electron chi connectivity index (χ4n) is 3.66. The van der Waals surface area contributed by atoms with Gasteiger partial charge < -0.3 is 4.90 Å². The van der Waals surface area contributed by atoms with Crippen molar-refractivity contribution < 1.29 is 4.79 Å². The van der Waals surface area contributed by atoms with Gasteiger partial charge in [-0.1, -0.05) is 35.9 Å². The van der Waals surface area contributed by atoms with Gasteiger partial charge in [0.25, 0.3) is 5.91 Å². The number of benzene rings is 1. The summed E-state index contributed by atoms with van der Waals surface area (Å²) >= 11 is 0. The normalized spacial score (nSPS) is 12.3. The number of hydrogen-bond donors (Lipinski definition) is 0. The molecule has 0 aliphatic rings. The second-order valence-corrected chi connectivity index (χ2v) is 8.22. The Labute approximate surface area is 182 Å². The molecule has 6 heteroatoms. The Morgan fingerprint density at radius 2 is 1.81 bits per heavy atom. The standard InChI is InChI=1S/C25H27N5O/c1-16(2)30-24-22(15-27-30)21(13-23(28-24)19-10-8-17(3)9-11-19)25(31)29(5)18(4)20-7-6-12-26-14-20/h6-16,18H,1-5H3. The highest BCUT2D eigenvalue weighted by atomic mass is 16.2. The summed E-state index contributed by atoms with van der Waals surface area (Å²) in [6.45, 7) is 8.18. The third-order valence-corrected chi connectivity index (χ3v) is 5.70. The summed E-state index contributed by atoms with van der Waals surface area (Å²) < 4.78 is 1.87. The smallest absolute Gasteiger partial charge is 0.254 e. The highest BCUT2D eigenvalue weighted by Crippen LogP contribution is 2.29. The van der Waals surface area contributed by atoms with Gasteiger partial charge in [0.15, 0.2) is 5.65 Å². The molecule has 1 unspecified atom stereocenters. The summed E-state index contributed by atoms with van der Waals surface area (Å²) in [6, 6.07) is 14.0. The van der Waals surface area contributed by atoms with Gasteiger partial charge in [0, 0.05) is 31.0 Å². The molecule has 4 aromatic rings. The van der Waals surface area contributed by atoms with Gasteiger partial charge in [0.2, 0.25) is 0 Å². The Hall–Kier alpha value is -3.54. The molecule has 3 heterocycles. The third-order valence-electron chi connectivity index (χ3n) is 5.70. The number of aryl methyl sites for hydroxylation is 1. The van der Waals surface area contributed by atoms with Gasteiger partial charge in [0.1, 0.15) is 0 Å². The molecular weight excluding hydrogens is 386 g/mol. The van der Waals surface area contributed by atoms with Crippen molar-refractivity contribution in [3.05, 3.63) is 77.7 Å². The van der Waals surface area contributed by atoms with Gasteiger partial charge in [-0.05, 0) is 45.4 Å². The van der Waals surface area contributed by atoms with E-state index in [9.17, 15) is 4.79 Å². The molecule has 1 amide bonds. The maximum Gasteiger partial charge on any atom is 0.254 e. The van der Waals surface area contributed by atoms with Gasteiger partial charge >= 0.3 is 0 Å². The molecule has 6 nitrogen and oxygen atoms in total. The van der Waals surface area contributed by atoms with Gasteiger partial charge in [-0.3, -0.25) is 9.78 Å². The SMILES string of the molecule is Cc1ccc(-c2cc(C(=O)N(C)C(C)c3cccnc3)c3cnn(C(C)C)c3n2)cc1. The third kappa shape index (κ3) is 3.93. The van der Waals surface area contributed by atoms with Gasteiger partial charge in [0.05, 0.1) is 28.9 Å². The van der Waals surface area contributed by atoms with E-state index in [1.165, 1.54) is 5.56 Å². The zero-order valence-electron chi connectivity index (χ0n) is 18.6. The molecule has 0 spiro atoms. The molecule has 0 saturated heterocycles. The largest absolute Gasteiger partial charge is 0.335 e. The molecule has 0 aliphatic carbocycles. The second-order valence-electron chi connectivity index (χ2n) is 8.22. The Morgan fingerprint density at radius 1 is 1.06 bits per heavy atom. The molecule has 0 bridgehead atoms. The van der Waals surface area contributed by atoms with E-state index in [2.05, 4.69) is 43.0 Å². The Balaban J connectivity index is 1.83. The fraction of sp³-hybridized carbons (Fsp3) is 0.280. The van der Waals surface area contributed by atoms with E-state index in [4.69, 9.17) is 4.98 Å². The highest BCUT2D eigenvalue weighted by molar-refractivity contribution is 6.06. The summed E-state index contributed by atoms with van der Waals surface area (Å²) in [5, 5.41) is 5.29. The molecule has 4 rings (SSSR count). The summed E-state index contributed by atoms with van der Waals surface area (Å²) in [5.41, 5.74) is 5.23. The topological polar surface area (TPSA) is 63.9 Å². The van der Waals surface area contributed by atoms with Crippen molar-refractivity contribution in [2.24, 2.45) is 0 Å². The molecule has 0 N–H and O–H groups in total. The first-order valence-electron chi connectivity index (χ1n) is 10.5. The Kier molecular flexibility index (Phi) is 5.55. The summed E-state index contributed by atoms with van der Waals surface area (Å²) in [6.07, 6.45) is 5.28. The van der Waals surface area contributed by atoms with E-state index >= 15 is 0 Å².